The van der Waals surface area contributed by atoms with Gasteiger partial charge in [0.1, 0.15) is 11.3 Å². The molecule has 104 valence electrons. The first-order valence-corrected chi connectivity index (χ1v) is 6.50. The van der Waals surface area contributed by atoms with Crippen molar-refractivity contribution >= 4 is 11.9 Å². The van der Waals surface area contributed by atoms with Crippen LogP contribution in [-0.4, -0.2) is 24.1 Å². The first kappa shape index (κ1) is 16.7. The first-order valence-electron chi connectivity index (χ1n) is 6.50. The number of hydrogen-bond donors (Lipinski definition) is 0. The normalized spacial score (nSPS) is 13.4. The fourth-order valence-corrected chi connectivity index (χ4v) is 1.13. The third-order valence-corrected chi connectivity index (χ3v) is 2.55. The van der Waals surface area contributed by atoms with Crippen molar-refractivity contribution in [2.75, 3.05) is 6.61 Å². The van der Waals surface area contributed by atoms with Crippen LogP contribution in [0, 0.1) is 0 Å². The van der Waals surface area contributed by atoms with Gasteiger partial charge in [-0.1, -0.05) is 19.9 Å². The molecule has 0 aromatic carbocycles. The van der Waals surface area contributed by atoms with Crippen LogP contribution in [0.5, 0.6) is 0 Å². The number of ether oxygens (including phenoxy) is 2. The molecule has 0 saturated heterocycles. The van der Waals surface area contributed by atoms with Crippen molar-refractivity contribution in [1.82, 2.24) is 0 Å². The summed E-state index contributed by atoms with van der Waals surface area (Å²) >= 11 is 0. The Morgan fingerprint density at radius 3 is 2.28 bits per heavy atom. The van der Waals surface area contributed by atoms with E-state index in [0.29, 0.717) is 24.6 Å². The Balaban J connectivity index is 4.92. The van der Waals surface area contributed by atoms with Crippen LogP contribution in [0.25, 0.3) is 0 Å². The molecular formula is C14H25NO3. The zero-order chi connectivity index (χ0) is 14.2. The molecule has 0 aliphatic heterocycles. The average Bonchev–Trinajstić information content (AvgIpc) is 2.34. The minimum atomic E-state index is -0.413. The van der Waals surface area contributed by atoms with E-state index in [4.69, 9.17) is 9.47 Å². The Morgan fingerprint density at radius 2 is 1.89 bits per heavy atom. The molecule has 0 spiro atoms. The predicted octanol–water partition coefficient (Wildman–Crippen LogP) is 3.47. The minimum absolute atomic E-state index is 0.275. The monoisotopic (exact) mass is 255 g/mol. The van der Waals surface area contributed by atoms with Gasteiger partial charge in [-0.15, -0.1) is 0 Å². The fraction of sp³-hybridized carbons (Fsp3) is 0.714. The molecule has 0 saturated carbocycles. The van der Waals surface area contributed by atoms with Gasteiger partial charge in [0.15, 0.2) is 5.90 Å². The smallest absolute Gasteiger partial charge is 0.356 e. The van der Waals surface area contributed by atoms with Gasteiger partial charge in [-0.3, -0.25) is 0 Å². The van der Waals surface area contributed by atoms with Crippen LogP contribution in [0.4, 0.5) is 0 Å². The van der Waals surface area contributed by atoms with E-state index >= 15 is 0 Å². The number of aliphatic imine (C=N–C) groups is 1. The highest BCUT2D eigenvalue weighted by atomic mass is 16.5. The third-order valence-electron chi connectivity index (χ3n) is 2.55. The van der Waals surface area contributed by atoms with E-state index in [9.17, 15) is 4.79 Å². The lowest BCUT2D eigenvalue weighted by Gasteiger charge is -2.25. The molecule has 4 nitrogen and oxygen atoms in total. The van der Waals surface area contributed by atoms with Crippen molar-refractivity contribution in [2.45, 2.75) is 60.0 Å². The summed E-state index contributed by atoms with van der Waals surface area (Å²) in [5.41, 5.74) is 0.0168. The summed E-state index contributed by atoms with van der Waals surface area (Å²) < 4.78 is 10.7. The second-order valence-electron chi connectivity index (χ2n) is 4.47. The van der Waals surface area contributed by atoms with E-state index in [2.05, 4.69) is 11.9 Å². The topological polar surface area (TPSA) is 47.9 Å². The lowest BCUT2D eigenvalue weighted by Crippen LogP contribution is -2.27. The molecule has 0 aliphatic rings. The van der Waals surface area contributed by atoms with Crippen molar-refractivity contribution in [3.05, 3.63) is 11.8 Å². The third kappa shape index (κ3) is 5.84. The molecule has 0 N–H and O–H groups in total. The zero-order valence-electron chi connectivity index (χ0n) is 12.4. The van der Waals surface area contributed by atoms with Gasteiger partial charge in [0.25, 0.3) is 0 Å². The second-order valence-corrected chi connectivity index (χ2v) is 4.47. The van der Waals surface area contributed by atoms with E-state index < -0.39 is 5.97 Å². The molecule has 0 aliphatic carbocycles. The van der Waals surface area contributed by atoms with Crippen LogP contribution in [0.3, 0.4) is 0 Å². The first-order chi connectivity index (χ1) is 8.40. The van der Waals surface area contributed by atoms with Crippen LogP contribution in [0.15, 0.2) is 16.8 Å². The lowest BCUT2D eigenvalue weighted by molar-refractivity contribution is -0.138. The van der Waals surface area contributed by atoms with Crippen LogP contribution in [-0.2, 0) is 14.3 Å². The highest BCUT2D eigenvalue weighted by molar-refractivity contribution is 5.92. The molecule has 4 heteroatoms. The van der Waals surface area contributed by atoms with Crippen molar-refractivity contribution in [3.8, 4) is 0 Å². The maximum atomic E-state index is 11.6. The molecule has 0 heterocycles. The van der Waals surface area contributed by atoms with E-state index in [1.807, 2.05) is 20.8 Å². The Morgan fingerprint density at radius 1 is 1.28 bits per heavy atom. The lowest BCUT2D eigenvalue weighted by atomic mass is 10.1. The Bertz CT molecular complexity index is 330. The summed E-state index contributed by atoms with van der Waals surface area (Å²) in [7, 11) is 0. The van der Waals surface area contributed by atoms with Crippen LogP contribution in [0.2, 0.25) is 0 Å². The van der Waals surface area contributed by atoms with E-state index in [-0.39, 0.29) is 5.60 Å². The number of allylic oxidation sites excluding steroid dienone is 1. The van der Waals surface area contributed by atoms with E-state index in [1.54, 1.807) is 19.9 Å². The van der Waals surface area contributed by atoms with Gasteiger partial charge in [0.05, 0.1) is 6.61 Å². The molecule has 0 aromatic heterocycles. The second kappa shape index (κ2) is 7.90. The summed E-state index contributed by atoms with van der Waals surface area (Å²) in [6, 6.07) is 0. The van der Waals surface area contributed by atoms with Crippen molar-refractivity contribution in [2.24, 2.45) is 4.99 Å². The Kier molecular flexibility index (Phi) is 7.32. The van der Waals surface area contributed by atoms with Crippen molar-refractivity contribution in [1.29, 1.82) is 0 Å². The summed E-state index contributed by atoms with van der Waals surface area (Å²) in [6.45, 7) is 11.9. The van der Waals surface area contributed by atoms with Gasteiger partial charge in [-0.25, -0.2) is 9.79 Å². The fourth-order valence-electron chi connectivity index (χ4n) is 1.13. The molecule has 0 bridgehead atoms. The highest BCUT2D eigenvalue weighted by Crippen LogP contribution is 2.16. The maximum absolute atomic E-state index is 11.6. The number of rotatable bonds is 6. The Labute approximate surface area is 110 Å². The molecule has 0 amide bonds. The minimum Gasteiger partial charge on any atom is -0.475 e. The van der Waals surface area contributed by atoms with E-state index in [1.165, 1.54) is 0 Å². The molecule has 18 heavy (non-hydrogen) atoms. The quantitative estimate of drug-likeness (QED) is 0.316. The van der Waals surface area contributed by atoms with E-state index in [0.717, 1.165) is 6.42 Å². The standard InChI is InChI=1S/C14H25NO3/c1-7-11(13(16)17-10-4)15-12(8-2)18-14(5,6)9-3/h7H,8-10H2,1-6H3/b11-7-,15-12+. The van der Waals surface area contributed by atoms with Crippen LogP contribution in [0.1, 0.15) is 54.4 Å². The number of hydrogen-bond acceptors (Lipinski definition) is 4. The highest BCUT2D eigenvalue weighted by Gasteiger charge is 2.19. The molecule has 0 aromatic rings. The molecule has 0 rings (SSSR count). The van der Waals surface area contributed by atoms with Gasteiger partial charge in [-0.05, 0) is 34.1 Å². The summed E-state index contributed by atoms with van der Waals surface area (Å²) in [5.74, 6) is 0.145. The average molecular weight is 255 g/mol. The number of esters is 1. The van der Waals surface area contributed by atoms with Crippen molar-refractivity contribution in [3.63, 3.8) is 0 Å². The maximum Gasteiger partial charge on any atom is 0.356 e. The summed E-state index contributed by atoms with van der Waals surface area (Å²) in [5, 5.41) is 0. The number of carbonyl (C=O) groups excluding carboxylic acids is 1. The Hall–Kier alpha value is -1.32. The molecule has 0 unspecified atom stereocenters. The van der Waals surface area contributed by atoms with Crippen LogP contribution >= 0.6 is 0 Å². The molecule has 0 fully saturated rings. The van der Waals surface area contributed by atoms with Gasteiger partial charge < -0.3 is 9.47 Å². The van der Waals surface area contributed by atoms with Gasteiger partial charge in [0, 0.05) is 6.42 Å². The molecule has 0 radical (unpaired) electrons. The molecular weight excluding hydrogens is 230 g/mol. The van der Waals surface area contributed by atoms with Crippen LogP contribution < -0.4 is 0 Å². The largest absolute Gasteiger partial charge is 0.475 e. The molecule has 0 atom stereocenters. The summed E-state index contributed by atoms with van der Waals surface area (Å²) in [4.78, 5) is 15.9. The zero-order valence-corrected chi connectivity index (χ0v) is 12.4. The van der Waals surface area contributed by atoms with Crippen molar-refractivity contribution < 1.29 is 14.3 Å². The van der Waals surface area contributed by atoms with Gasteiger partial charge in [0.2, 0.25) is 0 Å². The SMILES string of the molecule is C/C=C(\N=C(/CC)OC(C)(C)CC)C(=O)OCC. The number of nitrogens with zero attached hydrogens (tertiary/aromatic N) is 1. The number of carbonyl (C=O) groups is 1. The van der Waals surface area contributed by atoms with Gasteiger partial charge >= 0.3 is 5.97 Å². The predicted molar refractivity (Wildman–Crippen MR) is 73.6 cm³/mol. The van der Waals surface area contributed by atoms with Gasteiger partial charge in [-0.2, -0.15) is 0 Å². The summed E-state index contributed by atoms with van der Waals surface area (Å²) in [6.07, 6.45) is 3.15.